The molecule has 0 aliphatic rings. The van der Waals surface area contributed by atoms with Crippen LogP contribution in [0.5, 0.6) is 5.75 Å². The van der Waals surface area contributed by atoms with E-state index in [1.54, 1.807) is 4.68 Å². The van der Waals surface area contributed by atoms with Crippen molar-refractivity contribution < 1.29 is 9.53 Å². The molecule has 3 aromatic carbocycles. The average Bonchev–Trinajstić information content (AvgIpc) is 3.22. The third-order valence-corrected chi connectivity index (χ3v) is 4.79. The van der Waals surface area contributed by atoms with Gasteiger partial charge in [0.15, 0.2) is 5.82 Å². The van der Waals surface area contributed by atoms with E-state index in [1.807, 2.05) is 93.6 Å². The summed E-state index contributed by atoms with van der Waals surface area (Å²) in [6.45, 7) is 6.56. The maximum absolute atomic E-state index is 12.9. The lowest BCUT2D eigenvalue weighted by Gasteiger charge is -2.08. The molecule has 1 amide bonds. The minimum Gasteiger partial charge on any atom is -0.494 e. The van der Waals surface area contributed by atoms with Gasteiger partial charge in [0.2, 0.25) is 5.82 Å². The van der Waals surface area contributed by atoms with E-state index >= 15 is 0 Å². The van der Waals surface area contributed by atoms with Crippen molar-refractivity contribution >= 4 is 11.6 Å². The number of carbonyl (C=O) groups excluding carboxylic acids is 1. The molecule has 0 saturated carbocycles. The summed E-state index contributed by atoms with van der Waals surface area (Å²) >= 11 is 0. The normalized spacial score (nSPS) is 10.7. The standard InChI is InChI=1S/C25H24N4O2/c1-4-31-22-14-12-21(13-15-22)29-24(19-7-5-6-18(3)16-19)27-23(28-29)25(30)26-20-10-8-17(2)9-11-20/h5-16H,4H2,1-3H3,(H,26,30). The smallest absolute Gasteiger partial charge is 0.295 e. The Morgan fingerprint density at radius 3 is 2.39 bits per heavy atom. The molecule has 1 aromatic heterocycles. The van der Waals surface area contributed by atoms with E-state index in [0.29, 0.717) is 18.1 Å². The van der Waals surface area contributed by atoms with Crippen molar-refractivity contribution in [3.63, 3.8) is 0 Å². The molecule has 6 heteroatoms. The van der Waals surface area contributed by atoms with Crippen LogP contribution >= 0.6 is 0 Å². The van der Waals surface area contributed by atoms with Crippen LogP contribution in [0.3, 0.4) is 0 Å². The van der Waals surface area contributed by atoms with Gasteiger partial charge < -0.3 is 10.1 Å². The van der Waals surface area contributed by atoms with Gasteiger partial charge >= 0.3 is 0 Å². The summed E-state index contributed by atoms with van der Waals surface area (Å²) in [5.74, 6) is 1.12. The average molecular weight is 412 g/mol. The molecule has 4 rings (SSSR count). The van der Waals surface area contributed by atoms with Gasteiger partial charge in [0.1, 0.15) is 5.75 Å². The SMILES string of the molecule is CCOc1ccc(-n2nc(C(=O)Nc3ccc(C)cc3)nc2-c2cccc(C)c2)cc1. The minimum atomic E-state index is -0.359. The Hall–Kier alpha value is -3.93. The molecule has 0 spiro atoms. The number of carbonyl (C=O) groups is 1. The van der Waals surface area contributed by atoms with Gasteiger partial charge in [-0.3, -0.25) is 4.79 Å². The van der Waals surface area contributed by atoms with E-state index in [4.69, 9.17) is 4.74 Å². The first kappa shape index (κ1) is 20.3. The van der Waals surface area contributed by atoms with Gasteiger partial charge in [-0.1, -0.05) is 41.5 Å². The Morgan fingerprint density at radius 1 is 0.968 bits per heavy atom. The molecule has 0 saturated heterocycles. The molecule has 0 radical (unpaired) electrons. The molecule has 0 aliphatic carbocycles. The number of nitrogens with one attached hydrogen (secondary N) is 1. The lowest BCUT2D eigenvalue weighted by molar-refractivity contribution is 0.101. The van der Waals surface area contributed by atoms with Gasteiger partial charge in [-0.05, 0) is 63.2 Å². The molecule has 0 fully saturated rings. The van der Waals surface area contributed by atoms with Crippen LogP contribution in [-0.4, -0.2) is 27.3 Å². The maximum atomic E-state index is 12.9. The van der Waals surface area contributed by atoms with Crippen LogP contribution in [-0.2, 0) is 0 Å². The van der Waals surface area contributed by atoms with E-state index in [2.05, 4.69) is 15.4 Å². The second kappa shape index (κ2) is 8.83. The monoisotopic (exact) mass is 412 g/mol. The number of hydrogen-bond acceptors (Lipinski definition) is 4. The Balaban J connectivity index is 1.72. The number of aromatic nitrogens is 3. The van der Waals surface area contributed by atoms with Crippen molar-refractivity contribution in [2.75, 3.05) is 11.9 Å². The number of rotatable bonds is 6. The fourth-order valence-corrected chi connectivity index (χ4v) is 3.23. The number of benzene rings is 3. The molecular formula is C25H24N4O2. The molecule has 1 heterocycles. The molecule has 0 atom stereocenters. The van der Waals surface area contributed by atoms with Crippen LogP contribution in [0, 0.1) is 13.8 Å². The summed E-state index contributed by atoms with van der Waals surface area (Å²) in [4.78, 5) is 17.4. The highest BCUT2D eigenvalue weighted by molar-refractivity contribution is 6.01. The molecule has 0 aliphatic heterocycles. The van der Waals surface area contributed by atoms with E-state index in [1.165, 1.54) is 0 Å². The summed E-state index contributed by atoms with van der Waals surface area (Å²) in [5.41, 5.74) is 4.60. The lowest BCUT2D eigenvalue weighted by atomic mass is 10.1. The summed E-state index contributed by atoms with van der Waals surface area (Å²) in [7, 11) is 0. The largest absolute Gasteiger partial charge is 0.494 e. The first-order valence-corrected chi connectivity index (χ1v) is 10.2. The quantitative estimate of drug-likeness (QED) is 0.472. The molecule has 0 bridgehead atoms. The summed E-state index contributed by atoms with van der Waals surface area (Å²) in [5, 5.41) is 7.40. The van der Waals surface area contributed by atoms with Crippen LogP contribution in [0.25, 0.3) is 17.1 Å². The van der Waals surface area contributed by atoms with E-state index in [0.717, 1.165) is 28.1 Å². The number of ether oxygens (including phenoxy) is 1. The van der Waals surface area contributed by atoms with Crippen LogP contribution in [0.4, 0.5) is 5.69 Å². The molecule has 0 unspecified atom stereocenters. The molecule has 4 aromatic rings. The van der Waals surface area contributed by atoms with Crippen molar-refractivity contribution in [1.29, 1.82) is 0 Å². The second-order valence-corrected chi connectivity index (χ2v) is 7.29. The molecule has 6 nitrogen and oxygen atoms in total. The fraction of sp³-hybridized carbons (Fsp3) is 0.160. The number of hydrogen-bond donors (Lipinski definition) is 1. The molecule has 1 N–H and O–H groups in total. The highest BCUT2D eigenvalue weighted by atomic mass is 16.5. The number of nitrogens with zero attached hydrogens (tertiary/aromatic N) is 3. The van der Waals surface area contributed by atoms with Crippen molar-refractivity contribution in [3.05, 3.63) is 89.7 Å². The van der Waals surface area contributed by atoms with E-state index in [-0.39, 0.29) is 11.7 Å². The van der Waals surface area contributed by atoms with Gasteiger partial charge in [-0.25, -0.2) is 9.67 Å². The maximum Gasteiger partial charge on any atom is 0.295 e. The Labute approximate surface area is 181 Å². The van der Waals surface area contributed by atoms with Gasteiger partial charge in [-0.15, -0.1) is 5.10 Å². The Morgan fingerprint density at radius 2 is 1.71 bits per heavy atom. The topological polar surface area (TPSA) is 69.0 Å². The first-order chi connectivity index (χ1) is 15.0. The zero-order valence-electron chi connectivity index (χ0n) is 17.8. The number of anilines is 1. The predicted octanol–water partition coefficient (Wildman–Crippen LogP) is 5.20. The second-order valence-electron chi connectivity index (χ2n) is 7.29. The van der Waals surface area contributed by atoms with Crippen molar-refractivity contribution in [2.24, 2.45) is 0 Å². The van der Waals surface area contributed by atoms with Crippen molar-refractivity contribution in [3.8, 4) is 22.8 Å². The van der Waals surface area contributed by atoms with Crippen LogP contribution in [0.15, 0.2) is 72.8 Å². The van der Waals surface area contributed by atoms with Gasteiger partial charge in [-0.2, -0.15) is 0 Å². The third-order valence-electron chi connectivity index (χ3n) is 4.79. The molecular weight excluding hydrogens is 388 g/mol. The lowest BCUT2D eigenvalue weighted by Crippen LogP contribution is -2.14. The Bertz CT molecular complexity index is 1200. The Kier molecular flexibility index (Phi) is 5.80. The summed E-state index contributed by atoms with van der Waals surface area (Å²) < 4.78 is 7.23. The van der Waals surface area contributed by atoms with Gasteiger partial charge in [0.05, 0.1) is 12.3 Å². The minimum absolute atomic E-state index is 0.103. The zero-order chi connectivity index (χ0) is 21.8. The van der Waals surface area contributed by atoms with E-state index in [9.17, 15) is 4.79 Å². The van der Waals surface area contributed by atoms with Gasteiger partial charge in [0, 0.05) is 11.3 Å². The highest BCUT2D eigenvalue weighted by Crippen LogP contribution is 2.24. The number of amides is 1. The van der Waals surface area contributed by atoms with Crippen LogP contribution < -0.4 is 10.1 Å². The van der Waals surface area contributed by atoms with Crippen molar-refractivity contribution in [1.82, 2.24) is 14.8 Å². The van der Waals surface area contributed by atoms with E-state index < -0.39 is 0 Å². The number of aryl methyl sites for hydroxylation is 2. The zero-order valence-corrected chi connectivity index (χ0v) is 17.8. The molecule has 156 valence electrons. The highest BCUT2D eigenvalue weighted by Gasteiger charge is 2.19. The first-order valence-electron chi connectivity index (χ1n) is 10.2. The summed E-state index contributed by atoms with van der Waals surface area (Å²) in [6.07, 6.45) is 0. The molecule has 31 heavy (non-hydrogen) atoms. The van der Waals surface area contributed by atoms with Crippen LogP contribution in [0.2, 0.25) is 0 Å². The summed E-state index contributed by atoms with van der Waals surface area (Å²) in [6, 6.07) is 23.1. The third kappa shape index (κ3) is 4.64. The van der Waals surface area contributed by atoms with Crippen molar-refractivity contribution in [2.45, 2.75) is 20.8 Å². The van der Waals surface area contributed by atoms with Gasteiger partial charge in [0.25, 0.3) is 5.91 Å². The fourth-order valence-electron chi connectivity index (χ4n) is 3.23. The van der Waals surface area contributed by atoms with Crippen LogP contribution in [0.1, 0.15) is 28.7 Å². The predicted molar refractivity (Wildman–Crippen MR) is 122 cm³/mol.